The molecule has 1 heterocycles. The quantitative estimate of drug-likeness (QED) is 0.658. The Balaban J connectivity index is 2.06. The van der Waals surface area contributed by atoms with E-state index < -0.39 is 10.5 Å². The molecule has 6 nitrogen and oxygen atoms in total. The van der Waals surface area contributed by atoms with Crippen LogP contribution in [0.3, 0.4) is 0 Å². The highest BCUT2D eigenvalue weighted by Crippen LogP contribution is 2.22. The summed E-state index contributed by atoms with van der Waals surface area (Å²) in [7, 11) is 0. The molecular weight excluding hydrogens is 270 g/mol. The molecule has 1 amide bonds. The summed E-state index contributed by atoms with van der Waals surface area (Å²) in [5.41, 5.74) is 0.223. The third-order valence-electron chi connectivity index (χ3n) is 4.05. The first-order chi connectivity index (χ1) is 9.92. The van der Waals surface area contributed by atoms with Crippen molar-refractivity contribution >= 4 is 11.6 Å². The van der Waals surface area contributed by atoms with Crippen LogP contribution < -0.4 is 10.6 Å². The van der Waals surface area contributed by atoms with Crippen LogP contribution in [0.15, 0.2) is 24.3 Å². The Morgan fingerprint density at radius 2 is 2.24 bits per heavy atom. The highest BCUT2D eigenvalue weighted by Gasteiger charge is 2.34. The maximum Gasteiger partial charge on any atom is 0.269 e. The van der Waals surface area contributed by atoms with Crippen LogP contribution in [-0.2, 0) is 4.79 Å². The fraction of sp³-hybridized carbons (Fsp3) is 0.533. The van der Waals surface area contributed by atoms with E-state index >= 15 is 0 Å². The molecule has 2 atom stereocenters. The lowest BCUT2D eigenvalue weighted by atomic mass is 9.89. The van der Waals surface area contributed by atoms with Crippen LogP contribution in [0.2, 0.25) is 0 Å². The molecule has 0 spiro atoms. The summed E-state index contributed by atoms with van der Waals surface area (Å²) in [6.45, 7) is 4.58. The Bertz CT molecular complexity index is 539. The minimum Gasteiger partial charge on any atom is -0.348 e. The number of nitro groups is 1. The van der Waals surface area contributed by atoms with Gasteiger partial charge in [0.15, 0.2) is 0 Å². The summed E-state index contributed by atoms with van der Waals surface area (Å²) in [6, 6.07) is 6.10. The van der Waals surface area contributed by atoms with Gasteiger partial charge >= 0.3 is 0 Å². The van der Waals surface area contributed by atoms with Crippen LogP contribution in [0.5, 0.6) is 0 Å². The SMILES string of the molecule is CC(NC(=O)C1(C)CCCCN1)c1cccc([N+](=O)[O-])c1. The van der Waals surface area contributed by atoms with Gasteiger partial charge in [0.25, 0.3) is 5.69 Å². The van der Waals surface area contributed by atoms with Crippen molar-refractivity contribution in [3.63, 3.8) is 0 Å². The molecule has 0 radical (unpaired) electrons. The molecular formula is C15H21N3O3. The summed E-state index contributed by atoms with van der Waals surface area (Å²) < 4.78 is 0. The Morgan fingerprint density at radius 1 is 1.48 bits per heavy atom. The fourth-order valence-electron chi connectivity index (χ4n) is 2.60. The van der Waals surface area contributed by atoms with Crippen LogP contribution in [-0.4, -0.2) is 22.9 Å². The van der Waals surface area contributed by atoms with Crippen molar-refractivity contribution in [3.05, 3.63) is 39.9 Å². The zero-order chi connectivity index (χ0) is 15.5. The normalized spacial score (nSPS) is 23.3. The van der Waals surface area contributed by atoms with Crippen LogP contribution in [0, 0.1) is 10.1 Å². The monoisotopic (exact) mass is 291 g/mol. The minimum absolute atomic E-state index is 0.0376. The molecule has 0 saturated carbocycles. The smallest absolute Gasteiger partial charge is 0.269 e. The molecule has 0 bridgehead atoms. The number of nitrogens with zero attached hydrogens (tertiary/aromatic N) is 1. The molecule has 1 aromatic rings. The zero-order valence-corrected chi connectivity index (χ0v) is 12.4. The van der Waals surface area contributed by atoms with Crippen molar-refractivity contribution in [2.24, 2.45) is 0 Å². The fourth-order valence-corrected chi connectivity index (χ4v) is 2.60. The molecule has 2 N–H and O–H groups in total. The molecule has 1 aliphatic rings. The van der Waals surface area contributed by atoms with Crippen molar-refractivity contribution in [1.29, 1.82) is 0 Å². The lowest BCUT2D eigenvalue weighted by Gasteiger charge is -2.34. The summed E-state index contributed by atoms with van der Waals surface area (Å²) in [5, 5.41) is 17.0. The van der Waals surface area contributed by atoms with Crippen molar-refractivity contribution in [1.82, 2.24) is 10.6 Å². The first kappa shape index (κ1) is 15.4. The molecule has 1 saturated heterocycles. The second-order valence-corrected chi connectivity index (χ2v) is 5.76. The predicted molar refractivity (Wildman–Crippen MR) is 79.9 cm³/mol. The van der Waals surface area contributed by atoms with E-state index in [1.165, 1.54) is 12.1 Å². The zero-order valence-electron chi connectivity index (χ0n) is 12.4. The number of carbonyl (C=O) groups is 1. The third-order valence-corrected chi connectivity index (χ3v) is 4.05. The molecule has 6 heteroatoms. The van der Waals surface area contributed by atoms with Gasteiger partial charge in [0.2, 0.25) is 5.91 Å². The van der Waals surface area contributed by atoms with Crippen molar-refractivity contribution in [3.8, 4) is 0 Å². The van der Waals surface area contributed by atoms with Crippen LogP contribution >= 0.6 is 0 Å². The number of rotatable bonds is 4. The minimum atomic E-state index is -0.548. The first-order valence-electron chi connectivity index (χ1n) is 7.23. The van der Waals surface area contributed by atoms with Gasteiger partial charge in [-0.1, -0.05) is 12.1 Å². The molecule has 1 aromatic carbocycles. The molecule has 1 fully saturated rings. The van der Waals surface area contributed by atoms with Gasteiger partial charge < -0.3 is 10.6 Å². The third kappa shape index (κ3) is 3.58. The maximum absolute atomic E-state index is 12.4. The van der Waals surface area contributed by atoms with Crippen molar-refractivity contribution in [2.75, 3.05) is 6.54 Å². The number of hydrogen-bond donors (Lipinski definition) is 2. The lowest BCUT2D eigenvalue weighted by Crippen LogP contribution is -2.57. The van der Waals surface area contributed by atoms with Crippen LogP contribution in [0.25, 0.3) is 0 Å². The molecule has 114 valence electrons. The first-order valence-corrected chi connectivity index (χ1v) is 7.23. The van der Waals surface area contributed by atoms with Gasteiger partial charge in [0, 0.05) is 12.1 Å². The van der Waals surface area contributed by atoms with E-state index in [9.17, 15) is 14.9 Å². The Kier molecular flexibility index (Phi) is 4.57. The van der Waals surface area contributed by atoms with E-state index in [1.807, 2.05) is 13.8 Å². The van der Waals surface area contributed by atoms with Gasteiger partial charge in [0.1, 0.15) is 0 Å². The standard InChI is InChI=1S/C15H21N3O3/c1-11(12-6-5-7-13(10-12)18(20)21)17-14(19)15(2)8-3-4-9-16-15/h5-7,10-11,16H,3-4,8-9H2,1-2H3,(H,17,19). The molecule has 0 aliphatic carbocycles. The van der Waals surface area contributed by atoms with Gasteiger partial charge in [0.05, 0.1) is 16.5 Å². The molecule has 1 aliphatic heterocycles. The summed E-state index contributed by atoms with van der Waals surface area (Å²) in [4.78, 5) is 22.8. The Hall–Kier alpha value is -1.95. The maximum atomic E-state index is 12.4. The van der Waals surface area contributed by atoms with E-state index in [0.29, 0.717) is 0 Å². The van der Waals surface area contributed by atoms with E-state index in [4.69, 9.17) is 0 Å². The average Bonchev–Trinajstić information content (AvgIpc) is 2.48. The van der Waals surface area contributed by atoms with Crippen molar-refractivity contribution < 1.29 is 9.72 Å². The van der Waals surface area contributed by atoms with E-state index in [-0.39, 0.29) is 17.6 Å². The van der Waals surface area contributed by atoms with Gasteiger partial charge in [-0.25, -0.2) is 0 Å². The molecule has 2 rings (SSSR count). The van der Waals surface area contributed by atoms with Gasteiger partial charge in [-0.05, 0) is 45.2 Å². The van der Waals surface area contributed by atoms with Crippen molar-refractivity contribution in [2.45, 2.75) is 44.7 Å². The number of benzene rings is 1. The number of amides is 1. The Labute approximate surface area is 124 Å². The summed E-state index contributed by atoms with van der Waals surface area (Å²) in [5.74, 6) is -0.0544. The highest BCUT2D eigenvalue weighted by atomic mass is 16.6. The average molecular weight is 291 g/mol. The van der Waals surface area contributed by atoms with E-state index in [1.54, 1.807) is 12.1 Å². The number of nitro benzene ring substituents is 1. The van der Waals surface area contributed by atoms with E-state index in [2.05, 4.69) is 10.6 Å². The number of piperidine rings is 1. The molecule has 2 unspecified atom stereocenters. The predicted octanol–water partition coefficient (Wildman–Crippen LogP) is 2.30. The summed E-state index contributed by atoms with van der Waals surface area (Å²) in [6.07, 6.45) is 2.92. The second kappa shape index (κ2) is 6.22. The van der Waals surface area contributed by atoms with Gasteiger partial charge in [-0.3, -0.25) is 14.9 Å². The molecule has 0 aromatic heterocycles. The summed E-state index contributed by atoms with van der Waals surface area (Å²) >= 11 is 0. The Morgan fingerprint density at radius 3 is 2.86 bits per heavy atom. The van der Waals surface area contributed by atoms with Crippen LogP contribution in [0.4, 0.5) is 5.69 Å². The number of non-ortho nitro benzene ring substituents is 1. The van der Waals surface area contributed by atoms with Gasteiger partial charge in [-0.2, -0.15) is 0 Å². The van der Waals surface area contributed by atoms with Gasteiger partial charge in [-0.15, -0.1) is 0 Å². The largest absolute Gasteiger partial charge is 0.348 e. The molecule has 21 heavy (non-hydrogen) atoms. The number of hydrogen-bond acceptors (Lipinski definition) is 4. The lowest BCUT2D eigenvalue weighted by molar-refractivity contribution is -0.384. The highest BCUT2D eigenvalue weighted by molar-refractivity contribution is 5.86. The second-order valence-electron chi connectivity index (χ2n) is 5.76. The van der Waals surface area contributed by atoms with E-state index in [0.717, 1.165) is 31.4 Å². The number of carbonyl (C=O) groups excluding carboxylic acids is 1. The topological polar surface area (TPSA) is 84.3 Å². The number of nitrogens with one attached hydrogen (secondary N) is 2. The van der Waals surface area contributed by atoms with Crippen LogP contribution in [0.1, 0.15) is 44.7 Å².